The predicted octanol–water partition coefficient (Wildman–Crippen LogP) is 0.861. The topological polar surface area (TPSA) is 103 Å². The summed E-state index contributed by atoms with van der Waals surface area (Å²) in [5.41, 5.74) is 6.14. The number of esters is 2. The molecule has 1 aliphatic rings. The number of carbonyl (C=O) groups is 2. The summed E-state index contributed by atoms with van der Waals surface area (Å²) in [5.74, 6) is -1.18. The minimum absolute atomic E-state index is 0.00821. The summed E-state index contributed by atoms with van der Waals surface area (Å²) < 4.78 is 10.3. The molecule has 118 valence electrons. The highest BCUT2D eigenvalue weighted by atomic mass is 32.1. The molecule has 1 unspecified atom stereocenters. The van der Waals surface area contributed by atoms with E-state index < -0.39 is 23.0 Å². The Kier molecular flexibility index (Phi) is 5.27. The van der Waals surface area contributed by atoms with E-state index in [4.69, 9.17) is 15.2 Å². The first-order chi connectivity index (χ1) is 9.63. The van der Waals surface area contributed by atoms with Crippen LogP contribution in [0.1, 0.15) is 40.5 Å². The summed E-state index contributed by atoms with van der Waals surface area (Å²) >= 11 is 4.65. The van der Waals surface area contributed by atoms with Gasteiger partial charge >= 0.3 is 11.9 Å². The average molecular weight is 315 g/mol. The van der Waals surface area contributed by atoms with Crippen molar-refractivity contribution < 1.29 is 19.1 Å². The van der Waals surface area contributed by atoms with Gasteiger partial charge in [-0.05, 0) is 39.9 Å². The molecule has 0 bridgehead atoms. The maximum absolute atomic E-state index is 12.3. The molecule has 0 saturated carbocycles. The van der Waals surface area contributed by atoms with Crippen LogP contribution in [0.4, 0.5) is 0 Å². The van der Waals surface area contributed by atoms with Crippen molar-refractivity contribution in [3.05, 3.63) is 0 Å². The Morgan fingerprint density at radius 1 is 1.57 bits per heavy atom. The fourth-order valence-electron chi connectivity index (χ4n) is 2.44. The highest BCUT2D eigenvalue weighted by Gasteiger charge is 2.59. The van der Waals surface area contributed by atoms with Gasteiger partial charge in [0.25, 0.3) is 0 Å². The number of thiocarbonyl (C=S) groups is 1. The second-order valence-electron chi connectivity index (χ2n) is 5.63. The van der Waals surface area contributed by atoms with Crippen LogP contribution < -0.4 is 11.2 Å². The van der Waals surface area contributed by atoms with Crippen molar-refractivity contribution in [3.8, 4) is 0 Å². The Bertz CT molecular complexity index is 490. The second kappa shape index (κ2) is 6.38. The lowest BCUT2D eigenvalue weighted by Crippen LogP contribution is -2.40. The summed E-state index contributed by atoms with van der Waals surface area (Å²) in [6.45, 7) is 7.06. The van der Waals surface area contributed by atoms with Crippen LogP contribution >= 0.6 is 12.2 Å². The van der Waals surface area contributed by atoms with E-state index >= 15 is 0 Å². The molecule has 0 aromatic carbocycles. The van der Waals surface area contributed by atoms with Crippen LogP contribution in [0.25, 0.3) is 0 Å². The molecule has 0 spiro atoms. The van der Waals surface area contributed by atoms with E-state index in [1.807, 2.05) is 0 Å². The molecular formula is C13H21N3O4S. The molecular weight excluding hydrogens is 294 g/mol. The van der Waals surface area contributed by atoms with Crippen LogP contribution in [0.2, 0.25) is 0 Å². The van der Waals surface area contributed by atoms with Crippen LogP contribution in [0.5, 0.6) is 0 Å². The third-order valence-electron chi connectivity index (χ3n) is 3.07. The van der Waals surface area contributed by atoms with Crippen LogP contribution in [0.15, 0.2) is 5.10 Å². The van der Waals surface area contributed by atoms with Gasteiger partial charge in [-0.15, -0.1) is 0 Å². The molecule has 7 nitrogen and oxygen atoms in total. The third-order valence-corrected chi connectivity index (χ3v) is 3.16. The van der Waals surface area contributed by atoms with E-state index in [0.717, 1.165) is 0 Å². The standard InChI is InChI=1S/C13H21N3O4S/c1-5-19-9(17)13(6-8(2)15-16-11(14)21)7-12(3,4)20-10(13)18/h5-7H2,1-4H3,(H3,14,16,21). The van der Waals surface area contributed by atoms with Gasteiger partial charge in [0.15, 0.2) is 10.5 Å². The molecule has 1 rings (SSSR count). The van der Waals surface area contributed by atoms with Crippen molar-refractivity contribution in [3.63, 3.8) is 0 Å². The van der Waals surface area contributed by atoms with Crippen molar-refractivity contribution in [2.24, 2.45) is 16.3 Å². The second-order valence-corrected chi connectivity index (χ2v) is 6.07. The fraction of sp³-hybridized carbons (Fsp3) is 0.692. The SMILES string of the molecule is CCOC(=O)C1(CC(C)=NNC(N)=S)CC(C)(C)OC1=O. The van der Waals surface area contributed by atoms with Gasteiger partial charge < -0.3 is 15.2 Å². The Balaban J connectivity index is 3.05. The first-order valence-electron chi connectivity index (χ1n) is 6.62. The van der Waals surface area contributed by atoms with E-state index in [2.05, 4.69) is 22.7 Å². The largest absolute Gasteiger partial charge is 0.465 e. The van der Waals surface area contributed by atoms with Gasteiger partial charge in [0.1, 0.15) is 5.60 Å². The molecule has 1 atom stereocenters. The van der Waals surface area contributed by atoms with Gasteiger partial charge in [0.05, 0.1) is 6.61 Å². The lowest BCUT2D eigenvalue weighted by Gasteiger charge is -2.23. The van der Waals surface area contributed by atoms with Gasteiger partial charge in [-0.25, -0.2) is 0 Å². The number of hydrogen-bond acceptors (Lipinski definition) is 6. The number of hydrazone groups is 1. The van der Waals surface area contributed by atoms with Crippen molar-refractivity contribution in [1.29, 1.82) is 0 Å². The van der Waals surface area contributed by atoms with Gasteiger partial charge in [0, 0.05) is 18.6 Å². The minimum atomic E-state index is -1.37. The number of nitrogens with one attached hydrogen (secondary N) is 1. The number of carbonyl (C=O) groups excluding carboxylic acids is 2. The summed E-state index contributed by atoms with van der Waals surface area (Å²) in [6, 6.07) is 0. The number of rotatable bonds is 5. The summed E-state index contributed by atoms with van der Waals surface area (Å²) in [5, 5.41) is 3.95. The van der Waals surface area contributed by atoms with Crippen LogP contribution in [0.3, 0.4) is 0 Å². The maximum Gasteiger partial charge on any atom is 0.324 e. The van der Waals surface area contributed by atoms with Gasteiger partial charge in [-0.3, -0.25) is 15.0 Å². The van der Waals surface area contributed by atoms with Crippen LogP contribution in [-0.2, 0) is 19.1 Å². The Labute approximate surface area is 129 Å². The van der Waals surface area contributed by atoms with Gasteiger partial charge in [-0.2, -0.15) is 5.10 Å². The molecule has 1 heterocycles. The minimum Gasteiger partial charge on any atom is -0.465 e. The molecule has 1 fully saturated rings. The normalized spacial score (nSPS) is 24.4. The zero-order valence-electron chi connectivity index (χ0n) is 12.7. The number of cyclic esters (lactones) is 1. The number of hydrogen-bond donors (Lipinski definition) is 2. The molecule has 3 N–H and O–H groups in total. The van der Waals surface area contributed by atoms with E-state index in [0.29, 0.717) is 5.71 Å². The molecule has 0 aliphatic carbocycles. The van der Waals surface area contributed by atoms with E-state index in [9.17, 15) is 9.59 Å². The van der Waals surface area contributed by atoms with E-state index in [-0.39, 0.29) is 24.6 Å². The van der Waals surface area contributed by atoms with Crippen molar-refractivity contribution in [2.75, 3.05) is 6.61 Å². The third kappa shape index (κ3) is 4.13. The molecule has 1 saturated heterocycles. The monoisotopic (exact) mass is 315 g/mol. The smallest absolute Gasteiger partial charge is 0.324 e. The lowest BCUT2D eigenvalue weighted by atomic mass is 9.77. The zero-order valence-corrected chi connectivity index (χ0v) is 13.5. The average Bonchev–Trinajstić information content (AvgIpc) is 2.57. The van der Waals surface area contributed by atoms with E-state index in [1.54, 1.807) is 27.7 Å². The number of ether oxygens (including phenoxy) is 2. The Morgan fingerprint density at radius 3 is 2.62 bits per heavy atom. The zero-order chi connectivity index (χ0) is 16.3. The van der Waals surface area contributed by atoms with Gasteiger partial charge in [0.2, 0.25) is 0 Å². The Hall–Kier alpha value is -1.70. The molecule has 21 heavy (non-hydrogen) atoms. The van der Waals surface area contributed by atoms with Crippen LogP contribution in [0, 0.1) is 5.41 Å². The van der Waals surface area contributed by atoms with E-state index in [1.165, 1.54) is 0 Å². The summed E-state index contributed by atoms with van der Waals surface area (Å²) in [6.07, 6.45) is 0.321. The predicted molar refractivity (Wildman–Crippen MR) is 81.5 cm³/mol. The molecule has 1 aliphatic heterocycles. The first-order valence-corrected chi connectivity index (χ1v) is 7.03. The molecule has 0 aromatic rings. The van der Waals surface area contributed by atoms with Crippen molar-refractivity contribution in [1.82, 2.24) is 5.43 Å². The molecule has 0 aromatic heterocycles. The highest BCUT2D eigenvalue weighted by Crippen LogP contribution is 2.44. The van der Waals surface area contributed by atoms with Crippen molar-refractivity contribution >= 4 is 35.0 Å². The number of nitrogens with two attached hydrogens (primary N) is 1. The lowest BCUT2D eigenvalue weighted by molar-refractivity contribution is -0.165. The van der Waals surface area contributed by atoms with Crippen LogP contribution in [-0.4, -0.2) is 35.0 Å². The number of nitrogens with zero attached hydrogens (tertiary/aromatic N) is 1. The maximum atomic E-state index is 12.3. The Morgan fingerprint density at radius 2 is 2.19 bits per heavy atom. The molecule has 0 radical (unpaired) electrons. The first kappa shape index (κ1) is 17.4. The molecule has 0 amide bonds. The quantitative estimate of drug-likeness (QED) is 0.255. The van der Waals surface area contributed by atoms with Gasteiger partial charge in [-0.1, -0.05) is 0 Å². The fourth-order valence-corrected chi connectivity index (χ4v) is 2.49. The van der Waals surface area contributed by atoms with Crippen molar-refractivity contribution in [2.45, 2.75) is 46.1 Å². The highest BCUT2D eigenvalue weighted by molar-refractivity contribution is 7.80. The molecule has 8 heteroatoms. The summed E-state index contributed by atoms with van der Waals surface area (Å²) in [4.78, 5) is 24.5. The summed E-state index contributed by atoms with van der Waals surface area (Å²) in [7, 11) is 0.